The van der Waals surface area contributed by atoms with E-state index in [1.807, 2.05) is 11.3 Å². The standard InChI is InChI=1S/C26H17NS/c27-24-15-18-6-2-1-5-17(18)13-22(24)19-10-9-16-11-12-21-20-7-3-4-8-25(20)28-26(21)23(16)14-19/h1-15H,27H2. The van der Waals surface area contributed by atoms with Crippen molar-refractivity contribution in [2.24, 2.45) is 0 Å². The fourth-order valence-electron chi connectivity index (χ4n) is 4.18. The Morgan fingerprint density at radius 1 is 0.571 bits per heavy atom. The van der Waals surface area contributed by atoms with Crippen molar-refractivity contribution in [3.63, 3.8) is 0 Å². The third kappa shape index (κ3) is 2.25. The summed E-state index contributed by atoms with van der Waals surface area (Å²) in [5.41, 5.74) is 9.52. The molecule has 1 nitrogen and oxygen atoms in total. The van der Waals surface area contributed by atoms with Crippen molar-refractivity contribution in [1.82, 2.24) is 0 Å². The van der Waals surface area contributed by atoms with Crippen molar-refractivity contribution in [3.8, 4) is 11.1 Å². The molecule has 6 rings (SSSR count). The van der Waals surface area contributed by atoms with Gasteiger partial charge in [-0.15, -0.1) is 11.3 Å². The van der Waals surface area contributed by atoms with Gasteiger partial charge in [0, 0.05) is 36.8 Å². The maximum atomic E-state index is 6.44. The summed E-state index contributed by atoms with van der Waals surface area (Å²) in [5, 5.41) is 7.62. The van der Waals surface area contributed by atoms with Crippen LogP contribution in [0.4, 0.5) is 5.69 Å². The molecule has 0 unspecified atom stereocenters. The van der Waals surface area contributed by atoms with Gasteiger partial charge in [-0.1, -0.05) is 66.7 Å². The first-order valence-electron chi connectivity index (χ1n) is 9.41. The van der Waals surface area contributed by atoms with Crippen LogP contribution in [-0.4, -0.2) is 0 Å². The second-order valence-corrected chi connectivity index (χ2v) is 8.32. The Morgan fingerprint density at radius 2 is 1.32 bits per heavy atom. The molecule has 28 heavy (non-hydrogen) atoms. The normalized spacial score (nSPS) is 11.7. The summed E-state index contributed by atoms with van der Waals surface area (Å²) in [4.78, 5) is 0. The van der Waals surface area contributed by atoms with E-state index in [1.165, 1.54) is 47.3 Å². The Kier molecular flexibility index (Phi) is 3.26. The van der Waals surface area contributed by atoms with Gasteiger partial charge in [0.25, 0.3) is 0 Å². The van der Waals surface area contributed by atoms with Crippen LogP contribution >= 0.6 is 11.3 Å². The van der Waals surface area contributed by atoms with Gasteiger partial charge in [-0.3, -0.25) is 0 Å². The van der Waals surface area contributed by atoms with Gasteiger partial charge in [0.05, 0.1) is 0 Å². The molecule has 5 aromatic carbocycles. The highest BCUT2D eigenvalue weighted by atomic mass is 32.1. The molecule has 0 spiro atoms. The number of fused-ring (bicyclic) bond motifs is 6. The summed E-state index contributed by atoms with van der Waals surface area (Å²) in [7, 11) is 0. The van der Waals surface area contributed by atoms with Crippen molar-refractivity contribution in [3.05, 3.63) is 91.0 Å². The van der Waals surface area contributed by atoms with Gasteiger partial charge in [-0.05, 0) is 46.0 Å². The van der Waals surface area contributed by atoms with E-state index < -0.39 is 0 Å². The van der Waals surface area contributed by atoms with Crippen LogP contribution in [0.3, 0.4) is 0 Å². The van der Waals surface area contributed by atoms with Crippen molar-refractivity contribution >= 4 is 58.7 Å². The molecule has 0 aliphatic carbocycles. The van der Waals surface area contributed by atoms with E-state index >= 15 is 0 Å². The summed E-state index contributed by atoms with van der Waals surface area (Å²) in [6.45, 7) is 0. The predicted molar refractivity (Wildman–Crippen MR) is 124 cm³/mol. The molecule has 0 saturated heterocycles. The molecule has 2 heteroatoms. The topological polar surface area (TPSA) is 26.0 Å². The molecular formula is C26H17NS. The van der Waals surface area contributed by atoms with Gasteiger partial charge in [0.2, 0.25) is 0 Å². The second-order valence-electron chi connectivity index (χ2n) is 7.26. The van der Waals surface area contributed by atoms with Gasteiger partial charge < -0.3 is 5.73 Å². The number of hydrogen-bond acceptors (Lipinski definition) is 2. The predicted octanol–water partition coefficient (Wildman–Crippen LogP) is 7.61. The molecule has 2 N–H and O–H groups in total. The van der Waals surface area contributed by atoms with Crippen LogP contribution in [0, 0.1) is 0 Å². The van der Waals surface area contributed by atoms with Crippen LogP contribution in [0.15, 0.2) is 91.0 Å². The lowest BCUT2D eigenvalue weighted by molar-refractivity contribution is 1.67. The van der Waals surface area contributed by atoms with Crippen LogP contribution in [0.25, 0.3) is 52.8 Å². The summed E-state index contributed by atoms with van der Waals surface area (Å²) >= 11 is 1.87. The lowest BCUT2D eigenvalue weighted by Gasteiger charge is -2.10. The molecule has 0 fully saturated rings. The fourth-order valence-corrected chi connectivity index (χ4v) is 5.41. The fraction of sp³-hybridized carbons (Fsp3) is 0. The van der Waals surface area contributed by atoms with Gasteiger partial charge in [-0.25, -0.2) is 0 Å². The molecule has 0 amide bonds. The minimum absolute atomic E-state index is 0.821. The van der Waals surface area contributed by atoms with Crippen molar-refractivity contribution in [2.75, 3.05) is 5.73 Å². The third-order valence-corrected chi connectivity index (χ3v) is 6.81. The van der Waals surface area contributed by atoms with E-state index in [-0.39, 0.29) is 0 Å². The average molecular weight is 375 g/mol. The first-order chi connectivity index (χ1) is 13.8. The lowest BCUT2D eigenvalue weighted by atomic mass is 9.96. The number of thiophene rings is 1. The molecule has 0 aliphatic heterocycles. The molecular weight excluding hydrogens is 358 g/mol. The summed E-state index contributed by atoms with van der Waals surface area (Å²) in [6, 6.07) is 32.5. The second kappa shape index (κ2) is 5.82. The number of nitrogen functional groups attached to an aromatic ring is 1. The third-order valence-electron chi connectivity index (χ3n) is 5.59. The molecule has 0 aliphatic rings. The van der Waals surface area contributed by atoms with Crippen LogP contribution < -0.4 is 5.73 Å². The van der Waals surface area contributed by atoms with Crippen LogP contribution in [0.1, 0.15) is 0 Å². The van der Waals surface area contributed by atoms with Gasteiger partial charge in [0.1, 0.15) is 0 Å². The number of nitrogens with two attached hydrogens (primary N) is 1. The summed E-state index contributed by atoms with van der Waals surface area (Å²) in [6.07, 6.45) is 0. The average Bonchev–Trinajstić information content (AvgIpc) is 3.12. The van der Waals surface area contributed by atoms with E-state index in [0.717, 1.165) is 11.3 Å². The largest absolute Gasteiger partial charge is 0.398 e. The Balaban J connectivity index is 1.66. The maximum absolute atomic E-state index is 6.44. The number of rotatable bonds is 1. The summed E-state index contributed by atoms with van der Waals surface area (Å²) in [5.74, 6) is 0. The zero-order valence-electron chi connectivity index (χ0n) is 15.1. The van der Waals surface area contributed by atoms with Crippen LogP contribution in [0.2, 0.25) is 0 Å². The van der Waals surface area contributed by atoms with E-state index in [0.29, 0.717) is 0 Å². The van der Waals surface area contributed by atoms with Crippen molar-refractivity contribution < 1.29 is 0 Å². The molecule has 6 aromatic rings. The maximum Gasteiger partial charge on any atom is 0.0434 e. The first-order valence-corrected chi connectivity index (χ1v) is 10.2. The number of anilines is 1. The highest BCUT2D eigenvalue weighted by Crippen LogP contribution is 2.40. The molecule has 0 bridgehead atoms. The van der Waals surface area contributed by atoms with Gasteiger partial charge in [0.15, 0.2) is 0 Å². The number of hydrogen-bond donors (Lipinski definition) is 1. The molecule has 1 aromatic heterocycles. The Bertz CT molecular complexity index is 1520. The quantitative estimate of drug-likeness (QED) is 0.294. The summed E-state index contributed by atoms with van der Waals surface area (Å²) < 4.78 is 2.68. The molecule has 132 valence electrons. The minimum Gasteiger partial charge on any atom is -0.398 e. The lowest BCUT2D eigenvalue weighted by Crippen LogP contribution is -1.91. The zero-order valence-corrected chi connectivity index (χ0v) is 16.0. The van der Waals surface area contributed by atoms with E-state index in [4.69, 9.17) is 5.73 Å². The Morgan fingerprint density at radius 3 is 2.21 bits per heavy atom. The van der Waals surface area contributed by atoms with Gasteiger partial charge >= 0.3 is 0 Å². The zero-order chi connectivity index (χ0) is 18.7. The van der Waals surface area contributed by atoms with Gasteiger partial charge in [-0.2, -0.15) is 0 Å². The smallest absolute Gasteiger partial charge is 0.0434 e. The minimum atomic E-state index is 0.821. The van der Waals surface area contributed by atoms with Crippen LogP contribution in [0.5, 0.6) is 0 Å². The van der Waals surface area contributed by atoms with Crippen LogP contribution in [-0.2, 0) is 0 Å². The molecule has 0 radical (unpaired) electrons. The van der Waals surface area contributed by atoms with E-state index in [2.05, 4.69) is 91.0 Å². The highest BCUT2D eigenvalue weighted by Gasteiger charge is 2.11. The number of benzene rings is 5. The molecule has 1 heterocycles. The first kappa shape index (κ1) is 15.7. The van der Waals surface area contributed by atoms with Crippen molar-refractivity contribution in [2.45, 2.75) is 0 Å². The van der Waals surface area contributed by atoms with Crippen molar-refractivity contribution in [1.29, 1.82) is 0 Å². The SMILES string of the molecule is Nc1cc2ccccc2cc1-c1ccc2ccc3c4ccccc4sc3c2c1. The monoisotopic (exact) mass is 375 g/mol. The Hall–Kier alpha value is -3.36. The van der Waals surface area contributed by atoms with E-state index in [1.54, 1.807) is 0 Å². The molecule has 0 atom stereocenters. The Labute approximate surface area is 166 Å². The molecule has 0 saturated carbocycles. The highest BCUT2D eigenvalue weighted by molar-refractivity contribution is 7.26. The van der Waals surface area contributed by atoms with E-state index in [9.17, 15) is 0 Å².